The zero-order chi connectivity index (χ0) is 18.1. The molecule has 0 aromatic heterocycles. The summed E-state index contributed by atoms with van der Waals surface area (Å²) in [4.78, 5) is 36.9. The highest BCUT2D eigenvalue weighted by Crippen LogP contribution is 2.22. The molecule has 0 atom stereocenters. The minimum absolute atomic E-state index is 0.0275. The van der Waals surface area contributed by atoms with Crippen molar-refractivity contribution in [2.24, 2.45) is 0 Å². The molecule has 0 saturated heterocycles. The second-order valence-electron chi connectivity index (χ2n) is 5.03. The summed E-state index contributed by atoms with van der Waals surface area (Å²) in [6, 6.07) is 17.3. The minimum atomic E-state index is -0.425. The lowest BCUT2D eigenvalue weighted by Crippen LogP contribution is -2.10. The highest BCUT2D eigenvalue weighted by molar-refractivity contribution is 8.04. The Labute approximate surface area is 150 Å². The van der Waals surface area contributed by atoms with Crippen LogP contribution in [-0.2, 0) is 9.53 Å². The van der Waals surface area contributed by atoms with Crippen molar-refractivity contribution in [2.75, 3.05) is 12.4 Å². The number of benzene rings is 2. The molecule has 0 aliphatic rings. The molecule has 0 heterocycles. The van der Waals surface area contributed by atoms with Crippen LogP contribution >= 0.6 is 11.8 Å². The molecule has 25 heavy (non-hydrogen) atoms. The minimum Gasteiger partial charge on any atom is -0.465 e. The lowest BCUT2D eigenvalue weighted by atomic mass is 10.1. The Morgan fingerprint density at radius 1 is 0.920 bits per heavy atom. The quantitative estimate of drug-likeness (QED) is 0.408. The van der Waals surface area contributed by atoms with E-state index in [0.717, 1.165) is 11.8 Å². The Kier molecular flexibility index (Phi) is 7.16. The fourth-order valence-electron chi connectivity index (χ4n) is 2.05. The summed E-state index contributed by atoms with van der Waals surface area (Å²) >= 11 is 1.01. The second kappa shape index (κ2) is 9.59. The van der Waals surface area contributed by atoms with E-state index in [4.69, 9.17) is 4.74 Å². The van der Waals surface area contributed by atoms with Gasteiger partial charge in [0.1, 0.15) is 0 Å². The first kappa shape index (κ1) is 18.7. The van der Waals surface area contributed by atoms with Crippen molar-refractivity contribution in [3.8, 4) is 0 Å². The van der Waals surface area contributed by atoms with E-state index < -0.39 is 5.97 Å². The van der Waals surface area contributed by atoms with Crippen molar-refractivity contribution >= 4 is 29.3 Å². The number of ketones is 2. The normalized spacial score (nSPS) is 11.0. The van der Waals surface area contributed by atoms with Gasteiger partial charge in [-0.25, -0.2) is 0 Å². The number of hydrogen-bond donors (Lipinski definition) is 0. The second-order valence-corrected chi connectivity index (χ2v) is 6.04. The number of hydrogen-bond acceptors (Lipinski definition) is 5. The summed E-state index contributed by atoms with van der Waals surface area (Å²) in [7, 11) is 0. The summed E-state index contributed by atoms with van der Waals surface area (Å²) in [5, 5.41) is 0. The molecule has 0 aliphatic heterocycles. The van der Waals surface area contributed by atoms with Crippen LogP contribution in [0.25, 0.3) is 0 Å². The zero-order valence-electron chi connectivity index (χ0n) is 13.8. The summed E-state index contributed by atoms with van der Waals surface area (Å²) in [6.07, 6.45) is 1.29. The third-order valence-electron chi connectivity index (χ3n) is 3.23. The van der Waals surface area contributed by atoms with Crippen LogP contribution in [0.2, 0.25) is 0 Å². The van der Waals surface area contributed by atoms with Crippen molar-refractivity contribution in [1.29, 1.82) is 0 Å². The molecule has 0 radical (unpaired) electrons. The third kappa shape index (κ3) is 5.72. The average Bonchev–Trinajstić information content (AvgIpc) is 2.66. The largest absolute Gasteiger partial charge is 0.465 e. The molecule has 2 rings (SSSR count). The van der Waals surface area contributed by atoms with Crippen LogP contribution in [0.3, 0.4) is 0 Å². The molecule has 0 fully saturated rings. The SMILES string of the molecule is CCOC(=O)CS/C(=C\C(=O)c1ccccc1)C(=O)c1ccccc1. The van der Waals surface area contributed by atoms with E-state index in [1.165, 1.54) is 6.08 Å². The molecule has 0 N–H and O–H groups in total. The fraction of sp³-hybridized carbons (Fsp3) is 0.150. The van der Waals surface area contributed by atoms with E-state index in [9.17, 15) is 14.4 Å². The predicted molar refractivity (Wildman–Crippen MR) is 98.7 cm³/mol. The number of allylic oxidation sites excluding steroid dienone is 2. The molecule has 0 spiro atoms. The van der Waals surface area contributed by atoms with Crippen LogP contribution in [0.5, 0.6) is 0 Å². The van der Waals surface area contributed by atoms with Crippen LogP contribution in [-0.4, -0.2) is 29.9 Å². The number of ether oxygens (including phenoxy) is 1. The van der Waals surface area contributed by atoms with E-state index in [1.54, 1.807) is 61.5 Å². The monoisotopic (exact) mass is 354 g/mol. The smallest absolute Gasteiger partial charge is 0.316 e. The van der Waals surface area contributed by atoms with Crippen molar-refractivity contribution in [1.82, 2.24) is 0 Å². The van der Waals surface area contributed by atoms with Gasteiger partial charge >= 0.3 is 5.97 Å². The van der Waals surface area contributed by atoms with Crippen LogP contribution < -0.4 is 0 Å². The van der Waals surface area contributed by atoms with Gasteiger partial charge in [-0.3, -0.25) is 14.4 Å². The van der Waals surface area contributed by atoms with Crippen LogP contribution in [0.15, 0.2) is 71.6 Å². The number of Topliss-reactive ketones (excluding diaryl/α,β-unsaturated/α-hetero) is 1. The maximum absolute atomic E-state index is 12.7. The topological polar surface area (TPSA) is 60.4 Å². The Morgan fingerprint density at radius 3 is 2.04 bits per heavy atom. The molecule has 4 nitrogen and oxygen atoms in total. The standard InChI is InChI=1S/C20H18O4S/c1-2-24-19(22)14-25-18(20(23)16-11-7-4-8-12-16)13-17(21)15-9-5-3-6-10-15/h3-13H,2,14H2,1H3/b18-13-. The maximum atomic E-state index is 12.7. The molecule has 0 aliphatic carbocycles. The number of thioether (sulfide) groups is 1. The Hall–Kier alpha value is -2.66. The summed E-state index contributed by atoms with van der Waals surface area (Å²) in [6.45, 7) is 1.99. The third-order valence-corrected chi connectivity index (χ3v) is 4.23. The summed E-state index contributed by atoms with van der Waals surface area (Å²) in [5.41, 5.74) is 0.948. The molecular formula is C20H18O4S. The summed E-state index contributed by atoms with van der Waals surface area (Å²) < 4.78 is 4.88. The van der Waals surface area contributed by atoms with Gasteiger partial charge in [-0.15, -0.1) is 11.8 Å². The first-order valence-electron chi connectivity index (χ1n) is 7.81. The van der Waals surface area contributed by atoms with Gasteiger partial charge in [-0.1, -0.05) is 60.7 Å². The predicted octanol–water partition coefficient (Wildman–Crippen LogP) is 3.93. The van der Waals surface area contributed by atoms with E-state index in [0.29, 0.717) is 11.1 Å². The van der Waals surface area contributed by atoms with Crippen LogP contribution in [0.4, 0.5) is 0 Å². The molecular weight excluding hydrogens is 336 g/mol. The Bertz CT molecular complexity index is 767. The number of carbonyl (C=O) groups excluding carboxylic acids is 3. The molecule has 5 heteroatoms. The van der Waals surface area contributed by atoms with Gasteiger partial charge in [0.2, 0.25) is 0 Å². The Morgan fingerprint density at radius 2 is 1.48 bits per heavy atom. The lowest BCUT2D eigenvalue weighted by Gasteiger charge is -2.07. The average molecular weight is 354 g/mol. The first-order valence-corrected chi connectivity index (χ1v) is 8.79. The number of esters is 1. The lowest BCUT2D eigenvalue weighted by molar-refractivity contribution is -0.139. The zero-order valence-corrected chi connectivity index (χ0v) is 14.6. The van der Waals surface area contributed by atoms with Gasteiger partial charge in [-0.05, 0) is 6.92 Å². The molecule has 0 amide bonds. The van der Waals surface area contributed by atoms with Crippen molar-refractivity contribution in [3.63, 3.8) is 0 Å². The summed E-state index contributed by atoms with van der Waals surface area (Å²) in [5.74, 6) is -1.03. The highest BCUT2D eigenvalue weighted by atomic mass is 32.2. The number of rotatable bonds is 8. The van der Waals surface area contributed by atoms with Crippen LogP contribution in [0, 0.1) is 0 Å². The molecule has 128 valence electrons. The molecule has 2 aromatic carbocycles. The van der Waals surface area contributed by atoms with Gasteiger partial charge in [-0.2, -0.15) is 0 Å². The van der Waals surface area contributed by atoms with E-state index >= 15 is 0 Å². The van der Waals surface area contributed by atoms with E-state index in [1.807, 2.05) is 6.07 Å². The molecule has 0 unspecified atom stereocenters. The maximum Gasteiger partial charge on any atom is 0.316 e. The van der Waals surface area contributed by atoms with E-state index in [2.05, 4.69) is 0 Å². The van der Waals surface area contributed by atoms with Gasteiger partial charge in [0.25, 0.3) is 0 Å². The first-order chi connectivity index (χ1) is 12.1. The van der Waals surface area contributed by atoms with Crippen molar-refractivity contribution in [3.05, 3.63) is 82.8 Å². The number of carbonyl (C=O) groups is 3. The van der Waals surface area contributed by atoms with Gasteiger partial charge in [0, 0.05) is 17.2 Å². The fourth-order valence-corrected chi connectivity index (χ4v) is 2.84. The van der Waals surface area contributed by atoms with Gasteiger partial charge < -0.3 is 4.74 Å². The highest BCUT2D eigenvalue weighted by Gasteiger charge is 2.17. The van der Waals surface area contributed by atoms with Gasteiger partial charge in [0.05, 0.1) is 17.3 Å². The molecule has 2 aromatic rings. The molecule has 0 saturated carbocycles. The Balaban J connectivity index is 2.25. The van der Waals surface area contributed by atoms with Crippen molar-refractivity contribution < 1.29 is 19.1 Å². The van der Waals surface area contributed by atoms with Crippen molar-refractivity contribution in [2.45, 2.75) is 6.92 Å². The van der Waals surface area contributed by atoms with Crippen LogP contribution in [0.1, 0.15) is 27.6 Å². The van der Waals surface area contributed by atoms with Gasteiger partial charge in [0.15, 0.2) is 11.6 Å². The molecule has 0 bridgehead atoms. The van der Waals surface area contributed by atoms with E-state index in [-0.39, 0.29) is 28.8 Å².